The molecule has 4 aliphatic carbocycles. The van der Waals surface area contributed by atoms with Crippen molar-refractivity contribution in [3.63, 3.8) is 0 Å². The van der Waals surface area contributed by atoms with Crippen LogP contribution in [0.4, 0.5) is 0 Å². The van der Waals surface area contributed by atoms with Crippen molar-refractivity contribution in [3.8, 4) is 0 Å². The monoisotopic (exact) mass is 414 g/mol. The molecule has 0 aromatic carbocycles. The Morgan fingerprint density at radius 3 is 2.53 bits per heavy atom. The van der Waals surface area contributed by atoms with Gasteiger partial charge in [0.05, 0.1) is 0 Å². The minimum Gasteiger partial charge on any atom is -0.457 e. The van der Waals surface area contributed by atoms with Crippen LogP contribution in [-0.2, 0) is 23.9 Å². The van der Waals surface area contributed by atoms with Crippen molar-refractivity contribution in [2.75, 3.05) is 6.61 Å². The summed E-state index contributed by atoms with van der Waals surface area (Å²) in [7, 11) is 0. The first-order chi connectivity index (χ1) is 14.1. The molecular formula is C25H34O5. The first-order valence-corrected chi connectivity index (χ1v) is 11.6. The average Bonchev–Trinajstić information content (AvgIpc) is 3.03. The fraction of sp³-hybridized carbons (Fsp3) is 0.760. The second-order valence-corrected chi connectivity index (χ2v) is 10.6. The predicted molar refractivity (Wildman–Crippen MR) is 111 cm³/mol. The van der Waals surface area contributed by atoms with Crippen molar-refractivity contribution < 1.29 is 23.9 Å². The quantitative estimate of drug-likeness (QED) is 0.497. The van der Waals surface area contributed by atoms with E-state index in [1.807, 2.05) is 6.08 Å². The van der Waals surface area contributed by atoms with Gasteiger partial charge in [0.1, 0.15) is 18.8 Å². The van der Waals surface area contributed by atoms with Crippen LogP contribution in [0.2, 0.25) is 0 Å². The molecule has 0 unspecified atom stereocenters. The molecule has 164 valence electrons. The molecule has 0 saturated heterocycles. The third-order valence-corrected chi connectivity index (χ3v) is 9.12. The summed E-state index contributed by atoms with van der Waals surface area (Å²) in [6, 6.07) is 0. The lowest BCUT2D eigenvalue weighted by Crippen LogP contribution is -2.51. The number of hydrogen-bond donors (Lipinski definition) is 0. The first-order valence-electron chi connectivity index (χ1n) is 11.6. The Labute approximate surface area is 179 Å². The van der Waals surface area contributed by atoms with Crippen LogP contribution in [0.1, 0.15) is 78.6 Å². The van der Waals surface area contributed by atoms with Crippen molar-refractivity contribution >= 4 is 23.3 Å². The molecule has 5 nitrogen and oxygen atoms in total. The lowest BCUT2D eigenvalue weighted by molar-refractivity contribution is -0.152. The molecule has 0 heterocycles. The fourth-order valence-corrected chi connectivity index (χ4v) is 7.59. The van der Waals surface area contributed by atoms with Crippen molar-refractivity contribution in [1.29, 1.82) is 0 Å². The van der Waals surface area contributed by atoms with Gasteiger partial charge in [0.15, 0.2) is 11.6 Å². The summed E-state index contributed by atoms with van der Waals surface area (Å²) in [5.74, 6) is 1.12. The van der Waals surface area contributed by atoms with E-state index in [1.165, 1.54) is 12.5 Å². The normalized spacial score (nSPS) is 40.0. The zero-order chi connectivity index (χ0) is 21.7. The Kier molecular flexibility index (Phi) is 5.52. The largest absolute Gasteiger partial charge is 0.457 e. The highest BCUT2D eigenvalue weighted by atomic mass is 16.5. The van der Waals surface area contributed by atoms with Crippen molar-refractivity contribution in [2.24, 2.45) is 34.5 Å². The maximum Gasteiger partial charge on any atom is 0.313 e. The molecule has 0 spiro atoms. The average molecular weight is 415 g/mol. The van der Waals surface area contributed by atoms with E-state index in [0.717, 1.165) is 44.9 Å². The van der Waals surface area contributed by atoms with Crippen LogP contribution in [0.5, 0.6) is 0 Å². The van der Waals surface area contributed by atoms with Crippen LogP contribution in [0.3, 0.4) is 0 Å². The first kappa shape index (κ1) is 21.5. The second-order valence-electron chi connectivity index (χ2n) is 10.6. The summed E-state index contributed by atoms with van der Waals surface area (Å²) >= 11 is 0. The van der Waals surface area contributed by atoms with Crippen LogP contribution in [0.15, 0.2) is 11.6 Å². The maximum absolute atomic E-state index is 13.0. The number of Topliss-reactive ketones (excluding diaryl/α,β-unsaturated/α-hetero) is 2. The highest BCUT2D eigenvalue weighted by Gasteiger charge is 2.60. The number of carbonyl (C=O) groups is 4. The molecule has 0 aromatic heterocycles. The van der Waals surface area contributed by atoms with Gasteiger partial charge in [-0.15, -0.1) is 0 Å². The van der Waals surface area contributed by atoms with Crippen LogP contribution < -0.4 is 0 Å². The number of allylic oxidation sites excluding steroid dienone is 1. The number of ether oxygens (including phenoxy) is 1. The van der Waals surface area contributed by atoms with E-state index in [1.54, 1.807) is 0 Å². The van der Waals surface area contributed by atoms with Gasteiger partial charge >= 0.3 is 5.97 Å². The van der Waals surface area contributed by atoms with E-state index in [2.05, 4.69) is 13.8 Å². The van der Waals surface area contributed by atoms with Gasteiger partial charge in [-0.3, -0.25) is 19.2 Å². The molecule has 5 heteroatoms. The third-order valence-electron chi connectivity index (χ3n) is 9.12. The Morgan fingerprint density at radius 2 is 1.80 bits per heavy atom. The van der Waals surface area contributed by atoms with E-state index in [4.69, 9.17) is 4.74 Å². The van der Waals surface area contributed by atoms with E-state index in [-0.39, 0.29) is 47.1 Å². The summed E-state index contributed by atoms with van der Waals surface area (Å²) in [5.41, 5.74) is 1.47. The number of fused-ring (bicyclic) bond motifs is 5. The standard InChI is InChI=1S/C25H34O5/c1-15(26)12-23(29)30-14-22(28)21-7-6-19-18-5-4-16-13-17(27)8-10-24(16,2)20(18)9-11-25(19,21)3/h13,18-21H,4-12,14H2,1-3H3/t18-,19-,20-,21+,24-,25-/m0/s1. The smallest absolute Gasteiger partial charge is 0.313 e. The maximum atomic E-state index is 13.0. The molecule has 3 saturated carbocycles. The van der Waals surface area contributed by atoms with E-state index < -0.39 is 5.97 Å². The molecule has 3 fully saturated rings. The highest BCUT2D eigenvalue weighted by molar-refractivity contribution is 5.95. The molecule has 0 N–H and O–H groups in total. The zero-order valence-corrected chi connectivity index (χ0v) is 18.5. The Morgan fingerprint density at radius 1 is 1.03 bits per heavy atom. The Balaban J connectivity index is 1.47. The van der Waals surface area contributed by atoms with Crippen LogP contribution in [0.25, 0.3) is 0 Å². The summed E-state index contributed by atoms with van der Waals surface area (Å²) in [5, 5.41) is 0. The van der Waals surface area contributed by atoms with Crippen molar-refractivity contribution in [3.05, 3.63) is 11.6 Å². The molecule has 30 heavy (non-hydrogen) atoms. The Hall–Kier alpha value is -1.78. The molecular weight excluding hydrogens is 380 g/mol. The molecule has 6 atom stereocenters. The molecule has 0 aliphatic heterocycles. The number of ketones is 3. The number of hydrogen-bond acceptors (Lipinski definition) is 5. The Bertz CT molecular complexity index is 810. The summed E-state index contributed by atoms with van der Waals surface area (Å²) < 4.78 is 5.11. The minimum absolute atomic E-state index is 0.0150. The summed E-state index contributed by atoms with van der Waals surface area (Å²) in [6.07, 6.45) is 9.48. The molecule has 0 aromatic rings. The van der Waals surface area contributed by atoms with Crippen molar-refractivity contribution in [2.45, 2.75) is 78.6 Å². The third kappa shape index (κ3) is 3.48. The molecule has 0 amide bonds. The van der Waals surface area contributed by atoms with Gasteiger partial charge in [0, 0.05) is 12.3 Å². The fourth-order valence-electron chi connectivity index (χ4n) is 7.59. The lowest BCUT2D eigenvalue weighted by Gasteiger charge is -2.58. The summed E-state index contributed by atoms with van der Waals surface area (Å²) in [4.78, 5) is 47.7. The predicted octanol–water partition coefficient (Wildman–Crippen LogP) is 4.23. The van der Waals surface area contributed by atoms with Crippen LogP contribution >= 0.6 is 0 Å². The van der Waals surface area contributed by atoms with Gasteiger partial charge in [-0.2, -0.15) is 0 Å². The van der Waals surface area contributed by atoms with Gasteiger partial charge in [0.2, 0.25) is 0 Å². The van der Waals surface area contributed by atoms with Gasteiger partial charge in [-0.05, 0) is 86.5 Å². The number of esters is 1. The zero-order valence-electron chi connectivity index (χ0n) is 18.5. The van der Waals surface area contributed by atoms with Gasteiger partial charge in [-0.1, -0.05) is 19.4 Å². The highest BCUT2D eigenvalue weighted by Crippen LogP contribution is 2.66. The van der Waals surface area contributed by atoms with Gasteiger partial charge in [-0.25, -0.2) is 0 Å². The van der Waals surface area contributed by atoms with Crippen LogP contribution in [-0.4, -0.2) is 29.9 Å². The lowest BCUT2D eigenvalue weighted by atomic mass is 9.46. The molecule has 0 bridgehead atoms. The molecule has 4 rings (SSSR count). The van der Waals surface area contributed by atoms with E-state index >= 15 is 0 Å². The van der Waals surface area contributed by atoms with Crippen LogP contribution in [0, 0.1) is 34.5 Å². The van der Waals surface area contributed by atoms with Gasteiger partial charge in [0.25, 0.3) is 0 Å². The molecule has 0 radical (unpaired) electrons. The second kappa shape index (κ2) is 7.72. The van der Waals surface area contributed by atoms with E-state index in [9.17, 15) is 19.2 Å². The van der Waals surface area contributed by atoms with Gasteiger partial charge < -0.3 is 4.74 Å². The molecule has 4 aliphatic rings. The minimum atomic E-state index is -0.606. The SMILES string of the molecule is CC(=O)CC(=O)OCC(=O)[C@H]1CC[C@H]2[C@@H]3CCC4=CC(=O)CC[C@]4(C)[C@H]3CC[C@]12C. The van der Waals surface area contributed by atoms with Crippen molar-refractivity contribution in [1.82, 2.24) is 0 Å². The number of carbonyl (C=O) groups excluding carboxylic acids is 4. The topological polar surface area (TPSA) is 77.5 Å². The number of rotatable bonds is 5. The van der Waals surface area contributed by atoms with E-state index in [0.29, 0.717) is 24.2 Å². The summed E-state index contributed by atoms with van der Waals surface area (Å²) in [6.45, 7) is 5.78.